The maximum atomic E-state index is 12.8. The van der Waals surface area contributed by atoms with Crippen molar-refractivity contribution < 1.29 is 19.2 Å². The third kappa shape index (κ3) is 3.94. The van der Waals surface area contributed by atoms with Crippen LogP contribution >= 0.6 is 15.9 Å². The molecule has 21 heavy (non-hydrogen) atoms. The summed E-state index contributed by atoms with van der Waals surface area (Å²) in [6.45, 7) is 3.83. The van der Waals surface area contributed by atoms with Crippen molar-refractivity contribution in [3.8, 4) is 5.75 Å². The van der Waals surface area contributed by atoms with Crippen LogP contribution in [0.5, 0.6) is 5.75 Å². The molecule has 0 aromatic heterocycles. The van der Waals surface area contributed by atoms with E-state index < -0.39 is 7.12 Å². The van der Waals surface area contributed by atoms with E-state index in [0.29, 0.717) is 10.2 Å². The van der Waals surface area contributed by atoms with E-state index >= 15 is 0 Å². The van der Waals surface area contributed by atoms with Gasteiger partial charge >= 0.3 is 7.12 Å². The van der Waals surface area contributed by atoms with Gasteiger partial charge in [0.15, 0.2) is 0 Å². The van der Waals surface area contributed by atoms with Gasteiger partial charge < -0.3 is 14.8 Å². The van der Waals surface area contributed by atoms with Crippen molar-refractivity contribution in [3.05, 3.63) is 64.4 Å². The second-order valence-corrected chi connectivity index (χ2v) is 5.27. The first kappa shape index (κ1) is 15.8. The fourth-order valence-corrected chi connectivity index (χ4v) is 2.44. The Labute approximate surface area is 131 Å². The van der Waals surface area contributed by atoms with Crippen molar-refractivity contribution in [1.29, 1.82) is 0 Å². The maximum Gasteiger partial charge on any atom is 0.492 e. The van der Waals surface area contributed by atoms with Gasteiger partial charge in [0.25, 0.3) is 0 Å². The molecule has 0 aliphatic rings. The highest BCUT2D eigenvalue weighted by Crippen LogP contribution is 2.26. The molecule has 2 aromatic carbocycles. The SMILES string of the molecule is C=Cc1cc(Br)c(OCc2ccc(F)cc2)c(B(O)O)c1. The summed E-state index contributed by atoms with van der Waals surface area (Å²) in [5.41, 5.74) is 1.75. The molecule has 0 aliphatic heterocycles. The summed E-state index contributed by atoms with van der Waals surface area (Å²) in [7, 11) is -1.66. The largest absolute Gasteiger partial charge is 0.492 e. The van der Waals surface area contributed by atoms with Crippen LogP contribution < -0.4 is 10.2 Å². The standard InChI is InChI=1S/C15H13BBrFO3/c1-2-10-7-13(16(19)20)15(14(17)8-10)21-9-11-3-5-12(18)6-4-11/h2-8,19-20H,1,9H2. The average molecular weight is 351 g/mol. The minimum absolute atomic E-state index is 0.187. The molecule has 0 fully saturated rings. The van der Waals surface area contributed by atoms with E-state index in [2.05, 4.69) is 22.5 Å². The van der Waals surface area contributed by atoms with Crippen molar-refractivity contribution >= 4 is 34.6 Å². The van der Waals surface area contributed by atoms with E-state index in [1.165, 1.54) is 12.1 Å². The molecule has 6 heteroatoms. The first-order valence-electron chi connectivity index (χ1n) is 6.20. The summed E-state index contributed by atoms with van der Waals surface area (Å²) >= 11 is 3.34. The van der Waals surface area contributed by atoms with Gasteiger partial charge in [-0.2, -0.15) is 0 Å². The van der Waals surface area contributed by atoms with Gasteiger partial charge in [0.2, 0.25) is 0 Å². The van der Waals surface area contributed by atoms with Gasteiger partial charge in [-0.05, 0) is 45.3 Å². The zero-order valence-electron chi connectivity index (χ0n) is 11.1. The van der Waals surface area contributed by atoms with E-state index in [1.54, 1.807) is 30.3 Å². The lowest BCUT2D eigenvalue weighted by Crippen LogP contribution is -2.32. The highest BCUT2D eigenvalue weighted by atomic mass is 79.9. The Morgan fingerprint density at radius 2 is 1.90 bits per heavy atom. The Morgan fingerprint density at radius 3 is 2.48 bits per heavy atom. The van der Waals surface area contributed by atoms with Gasteiger partial charge in [0.1, 0.15) is 18.2 Å². The molecule has 2 N–H and O–H groups in total. The molecule has 0 spiro atoms. The van der Waals surface area contributed by atoms with Gasteiger partial charge in [-0.25, -0.2) is 4.39 Å². The summed E-state index contributed by atoms with van der Waals surface area (Å²) in [4.78, 5) is 0. The predicted octanol–water partition coefficient (Wildman–Crippen LogP) is 2.49. The van der Waals surface area contributed by atoms with Crippen molar-refractivity contribution in [1.82, 2.24) is 0 Å². The summed E-state index contributed by atoms with van der Waals surface area (Å²) in [6.07, 6.45) is 1.60. The minimum atomic E-state index is -1.66. The van der Waals surface area contributed by atoms with Crippen LogP contribution in [0, 0.1) is 5.82 Å². The smallest absolute Gasteiger partial charge is 0.488 e. The minimum Gasteiger partial charge on any atom is -0.488 e. The molecule has 0 saturated heterocycles. The van der Waals surface area contributed by atoms with Crippen LogP contribution in [0.2, 0.25) is 0 Å². The molecule has 3 nitrogen and oxygen atoms in total. The van der Waals surface area contributed by atoms with Crippen LogP contribution in [0.15, 0.2) is 47.4 Å². The molecule has 0 radical (unpaired) electrons. The lowest BCUT2D eigenvalue weighted by molar-refractivity contribution is 0.304. The zero-order chi connectivity index (χ0) is 15.4. The number of ether oxygens (including phenoxy) is 1. The summed E-state index contributed by atoms with van der Waals surface area (Å²) in [5.74, 6) is 0.0154. The molecular formula is C15H13BBrFO3. The molecule has 0 unspecified atom stereocenters. The molecule has 2 rings (SSSR count). The van der Waals surface area contributed by atoms with Gasteiger partial charge in [-0.15, -0.1) is 0 Å². The number of hydrogen-bond donors (Lipinski definition) is 2. The topological polar surface area (TPSA) is 49.7 Å². The first-order chi connectivity index (χ1) is 10.0. The van der Waals surface area contributed by atoms with E-state index in [9.17, 15) is 14.4 Å². The van der Waals surface area contributed by atoms with Crippen LogP contribution in [0.3, 0.4) is 0 Å². The molecule has 0 aliphatic carbocycles. The summed E-state index contributed by atoms with van der Waals surface area (Å²) in [6, 6.07) is 9.25. The molecule has 108 valence electrons. The monoisotopic (exact) mass is 350 g/mol. The Hall–Kier alpha value is -1.63. The van der Waals surface area contributed by atoms with Crippen molar-refractivity contribution in [2.75, 3.05) is 0 Å². The molecule has 0 atom stereocenters. The third-order valence-corrected chi connectivity index (χ3v) is 3.49. The zero-order valence-corrected chi connectivity index (χ0v) is 12.7. The predicted molar refractivity (Wildman–Crippen MR) is 84.8 cm³/mol. The number of rotatable bonds is 5. The van der Waals surface area contributed by atoms with Crippen LogP contribution in [0.25, 0.3) is 6.08 Å². The number of hydrogen-bond acceptors (Lipinski definition) is 3. The van der Waals surface area contributed by atoms with Gasteiger partial charge in [0.05, 0.1) is 4.47 Å². The molecular weight excluding hydrogens is 338 g/mol. The summed E-state index contributed by atoms with van der Waals surface area (Å²) < 4.78 is 19.1. The van der Waals surface area contributed by atoms with E-state index in [-0.39, 0.29) is 17.9 Å². The van der Waals surface area contributed by atoms with Crippen molar-refractivity contribution in [3.63, 3.8) is 0 Å². The van der Waals surface area contributed by atoms with Crippen LogP contribution in [-0.4, -0.2) is 17.2 Å². The molecule has 0 heterocycles. The lowest BCUT2D eigenvalue weighted by atomic mass is 9.78. The van der Waals surface area contributed by atoms with Crippen LogP contribution in [0.1, 0.15) is 11.1 Å². The van der Waals surface area contributed by atoms with Crippen LogP contribution in [0.4, 0.5) is 4.39 Å². The fraction of sp³-hybridized carbons (Fsp3) is 0.0667. The van der Waals surface area contributed by atoms with Gasteiger partial charge in [-0.1, -0.05) is 30.9 Å². The Bertz CT molecular complexity index is 644. The van der Waals surface area contributed by atoms with Gasteiger partial charge in [-0.3, -0.25) is 0 Å². The van der Waals surface area contributed by atoms with E-state index in [4.69, 9.17) is 4.74 Å². The highest BCUT2D eigenvalue weighted by Gasteiger charge is 2.20. The lowest BCUT2D eigenvalue weighted by Gasteiger charge is -2.14. The Morgan fingerprint density at radius 1 is 1.24 bits per heavy atom. The Balaban J connectivity index is 2.26. The third-order valence-electron chi connectivity index (χ3n) is 2.90. The Kier molecular flexibility index (Phi) is 5.17. The maximum absolute atomic E-state index is 12.8. The number of halogens is 2. The second kappa shape index (κ2) is 6.89. The summed E-state index contributed by atoms with van der Waals surface area (Å²) in [5, 5.41) is 18.9. The second-order valence-electron chi connectivity index (χ2n) is 4.41. The first-order valence-corrected chi connectivity index (χ1v) is 7.00. The van der Waals surface area contributed by atoms with Crippen molar-refractivity contribution in [2.24, 2.45) is 0 Å². The van der Waals surface area contributed by atoms with E-state index in [1.807, 2.05) is 0 Å². The van der Waals surface area contributed by atoms with Gasteiger partial charge in [0, 0.05) is 5.46 Å². The average Bonchev–Trinajstić information content (AvgIpc) is 2.46. The molecule has 0 saturated carbocycles. The molecule has 0 amide bonds. The van der Waals surface area contributed by atoms with Crippen LogP contribution in [-0.2, 0) is 6.61 Å². The highest BCUT2D eigenvalue weighted by molar-refractivity contribution is 9.10. The molecule has 2 aromatic rings. The normalized spacial score (nSPS) is 10.3. The van der Waals surface area contributed by atoms with Crippen molar-refractivity contribution in [2.45, 2.75) is 6.61 Å². The fourth-order valence-electron chi connectivity index (χ4n) is 1.83. The quantitative estimate of drug-likeness (QED) is 0.814. The number of benzene rings is 2. The molecule has 0 bridgehead atoms. The van der Waals surface area contributed by atoms with E-state index in [0.717, 1.165) is 11.1 Å².